The Bertz CT molecular complexity index is 184. The minimum atomic E-state index is -1.06. The van der Waals surface area contributed by atoms with Gasteiger partial charge in [-0.05, 0) is 6.26 Å². The molecule has 0 aliphatic carbocycles. The second-order valence-electron chi connectivity index (χ2n) is 2.33. The molecule has 70 valence electrons. The minimum absolute atomic E-state index is 0.0613. The van der Waals surface area contributed by atoms with Crippen LogP contribution in [0.5, 0.6) is 0 Å². The van der Waals surface area contributed by atoms with E-state index in [1.165, 1.54) is 0 Å². The molecule has 0 saturated carbocycles. The molecule has 0 amide bonds. The molecule has 0 aromatic heterocycles. The summed E-state index contributed by atoms with van der Waals surface area (Å²) in [5.41, 5.74) is 3.33. The molecule has 0 bridgehead atoms. The standard InChI is InChI=1S/C6H11NO4S/c1-12-4(6(10)11)2-3(7)5(8)9/h3-4H,2,7H2,1H3,(H,8,9)(H,10,11)/p+1/t3-,4?/m0/s1. The van der Waals surface area contributed by atoms with Crippen molar-refractivity contribution < 1.29 is 25.5 Å². The minimum Gasteiger partial charge on any atom is -0.480 e. The largest absolute Gasteiger partial charge is 0.480 e. The lowest BCUT2D eigenvalue weighted by Crippen LogP contribution is -2.66. The van der Waals surface area contributed by atoms with Crippen molar-refractivity contribution in [1.29, 1.82) is 0 Å². The Hall–Kier alpha value is -0.750. The van der Waals surface area contributed by atoms with Crippen molar-refractivity contribution in [3.05, 3.63) is 0 Å². The number of quaternary nitrogens is 1. The number of aliphatic carboxylic acids is 2. The van der Waals surface area contributed by atoms with Crippen LogP contribution in [0.4, 0.5) is 0 Å². The third kappa shape index (κ3) is 3.59. The second-order valence-corrected chi connectivity index (χ2v) is 3.37. The molecule has 0 aliphatic heterocycles. The highest BCUT2D eigenvalue weighted by Gasteiger charge is 2.25. The molecule has 0 spiro atoms. The smallest absolute Gasteiger partial charge is 0.362 e. The van der Waals surface area contributed by atoms with Crippen LogP contribution in [0, 0.1) is 0 Å². The number of hydrogen-bond donors (Lipinski definition) is 3. The molecular weight excluding hydrogens is 182 g/mol. The van der Waals surface area contributed by atoms with Crippen LogP contribution in [0.15, 0.2) is 0 Å². The summed E-state index contributed by atoms with van der Waals surface area (Å²) in [6, 6.07) is -0.849. The van der Waals surface area contributed by atoms with E-state index >= 15 is 0 Å². The van der Waals surface area contributed by atoms with Gasteiger partial charge >= 0.3 is 11.9 Å². The van der Waals surface area contributed by atoms with E-state index in [0.29, 0.717) is 0 Å². The lowest BCUT2D eigenvalue weighted by atomic mass is 10.2. The van der Waals surface area contributed by atoms with Gasteiger partial charge in [-0.2, -0.15) is 0 Å². The maximum absolute atomic E-state index is 10.4. The lowest BCUT2D eigenvalue weighted by Gasteiger charge is -2.09. The Morgan fingerprint density at radius 2 is 1.92 bits per heavy atom. The van der Waals surface area contributed by atoms with E-state index in [0.717, 1.165) is 11.8 Å². The molecule has 12 heavy (non-hydrogen) atoms. The van der Waals surface area contributed by atoms with Gasteiger partial charge < -0.3 is 15.9 Å². The number of carboxylic acids is 2. The molecule has 0 aliphatic rings. The van der Waals surface area contributed by atoms with E-state index in [1.807, 2.05) is 0 Å². The third-order valence-electron chi connectivity index (χ3n) is 1.41. The first-order chi connectivity index (χ1) is 5.49. The van der Waals surface area contributed by atoms with E-state index in [9.17, 15) is 9.59 Å². The van der Waals surface area contributed by atoms with Crippen molar-refractivity contribution in [2.24, 2.45) is 0 Å². The molecule has 0 saturated heterocycles. The van der Waals surface area contributed by atoms with Gasteiger partial charge in [-0.1, -0.05) is 0 Å². The quantitative estimate of drug-likeness (QED) is 0.515. The van der Waals surface area contributed by atoms with Gasteiger partial charge in [0.05, 0.1) is 0 Å². The molecule has 0 fully saturated rings. The van der Waals surface area contributed by atoms with Crippen LogP contribution in [0.2, 0.25) is 0 Å². The molecule has 0 radical (unpaired) electrons. The zero-order valence-electron chi connectivity index (χ0n) is 6.69. The molecule has 5 N–H and O–H groups in total. The average molecular weight is 194 g/mol. The fourth-order valence-electron chi connectivity index (χ4n) is 0.657. The monoisotopic (exact) mass is 194 g/mol. The van der Waals surface area contributed by atoms with Crippen LogP contribution in [0.1, 0.15) is 6.42 Å². The van der Waals surface area contributed by atoms with Crippen LogP contribution in [0.25, 0.3) is 0 Å². The SMILES string of the molecule is CSC(C[C@H]([NH3+])C(=O)O)C(=O)O. The van der Waals surface area contributed by atoms with Crippen LogP contribution < -0.4 is 5.73 Å². The van der Waals surface area contributed by atoms with Crippen LogP contribution in [-0.4, -0.2) is 39.7 Å². The summed E-state index contributed by atoms with van der Waals surface area (Å²) in [5.74, 6) is -2.05. The molecule has 0 aromatic carbocycles. The summed E-state index contributed by atoms with van der Waals surface area (Å²) in [6.07, 6.45) is 1.69. The number of rotatable bonds is 5. The molecule has 0 aromatic rings. The zero-order valence-corrected chi connectivity index (χ0v) is 7.50. The fourth-order valence-corrected chi connectivity index (χ4v) is 1.28. The Morgan fingerprint density at radius 3 is 2.17 bits per heavy atom. The first kappa shape index (κ1) is 11.2. The van der Waals surface area contributed by atoms with Gasteiger partial charge in [0.25, 0.3) is 0 Å². The zero-order chi connectivity index (χ0) is 9.72. The predicted molar refractivity (Wildman–Crippen MR) is 43.9 cm³/mol. The van der Waals surface area contributed by atoms with E-state index < -0.39 is 23.2 Å². The topological polar surface area (TPSA) is 102 Å². The van der Waals surface area contributed by atoms with Gasteiger partial charge in [-0.15, -0.1) is 11.8 Å². The molecule has 1 unspecified atom stereocenters. The molecule has 0 heterocycles. The van der Waals surface area contributed by atoms with Gasteiger partial charge in [-0.3, -0.25) is 4.79 Å². The van der Waals surface area contributed by atoms with Crippen LogP contribution in [-0.2, 0) is 9.59 Å². The van der Waals surface area contributed by atoms with Crippen LogP contribution in [0.3, 0.4) is 0 Å². The summed E-state index contributed by atoms with van der Waals surface area (Å²) in [5, 5.41) is 16.3. The molecular formula is C6H12NO4S+. The van der Waals surface area contributed by atoms with Crippen molar-refractivity contribution in [3.8, 4) is 0 Å². The summed E-state index contributed by atoms with van der Waals surface area (Å²) in [4.78, 5) is 20.8. The van der Waals surface area contributed by atoms with Crippen LogP contribution >= 0.6 is 11.8 Å². The Morgan fingerprint density at radius 1 is 1.42 bits per heavy atom. The van der Waals surface area contributed by atoms with E-state index in [2.05, 4.69) is 5.73 Å². The summed E-state index contributed by atoms with van der Waals surface area (Å²) < 4.78 is 0. The molecule has 0 rings (SSSR count). The summed E-state index contributed by atoms with van der Waals surface area (Å²) in [7, 11) is 0. The van der Waals surface area contributed by atoms with Gasteiger partial charge in [0.1, 0.15) is 5.25 Å². The molecule has 5 nitrogen and oxygen atoms in total. The highest BCUT2D eigenvalue weighted by molar-refractivity contribution is 7.99. The van der Waals surface area contributed by atoms with Crippen molar-refractivity contribution in [3.63, 3.8) is 0 Å². The maximum atomic E-state index is 10.4. The van der Waals surface area contributed by atoms with Gasteiger partial charge in [0, 0.05) is 6.42 Å². The maximum Gasteiger partial charge on any atom is 0.362 e. The van der Waals surface area contributed by atoms with Gasteiger partial charge in [0.2, 0.25) is 0 Å². The lowest BCUT2D eigenvalue weighted by molar-refractivity contribution is -0.408. The first-order valence-electron chi connectivity index (χ1n) is 3.30. The van der Waals surface area contributed by atoms with E-state index in [4.69, 9.17) is 10.2 Å². The van der Waals surface area contributed by atoms with Gasteiger partial charge in [-0.25, -0.2) is 4.79 Å². The first-order valence-corrected chi connectivity index (χ1v) is 4.59. The Labute approximate surface area is 73.9 Å². The van der Waals surface area contributed by atoms with Gasteiger partial charge in [0.15, 0.2) is 6.04 Å². The van der Waals surface area contributed by atoms with Crippen molar-refractivity contribution >= 4 is 23.7 Å². The number of carboxylic acid groups (broad SMARTS) is 2. The number of hydrogen-bond acceptors (Lipinski definition) is 3. The number of thioether (sulfide) groups is 1. The summed E-state index contributed by atoms with van der Waals surface area (Å²) in [6.45, 7) is 0. The molecule has 6 heteroatoms. The van der Waals surface area contributed by atoms with Crippen molar-refractivity contribution in [1.82, 2.24) is 0 Å². The fraction of sp³-hybridized carbons (Fsp3) is 0.667. The highest BCUT2D eigenvalue weighted by atomic mass is 32.2. The van der Waals surface area contributed by atoms with E-state index in [-0.39, 0.29) is 6.42 Å². The Balaban J connectivity index is 4.02. The average Bonchev–Trinajstić information content (AvgIpc) is 1.98. The number of carbonyl (C=O) groups is 2. The second kappa shape index (κ2) is 5.00. The predicted octanol–water partition coefficient (Wildman–Crippen LogP) is -1.11. The Kier molecular flexibility index (Phi) is 4.68. The summed E-state index contributed by atoms with van der Waals surface area (Å²) >= 11 is 1.12. The van der Waals surface area contributed by atoms with E-state index in [1.54, 1.807) is 6.26 Å². The van der Waals surface area contributed by atoms with Crippen molar-refractivity contribution in [2.45, 2.75) is 17.7 Å². The third-order valence-corrected chi connectivity index (χ3v) is 2.37. The van der Waals surface area contributed by atoms with Crippen molar-refractivity contribution in [2.75, 3.05) is 6.26 Å². The molecule has 2 atom stereocenters. The highest BCUT2D eigenvalue weighted by Crippen LogP contribution is 2.11. The normalized spacial score (nSPS) is 15.2.